The zero-order valence-corrected chi connectivity index (χ0v) is 13.8. The van der Waals surface area contributed by atoms with E-state index in [1.165, 1.54) is 0 Å². The Morgan fingerprint density at radius 3 is 2.43 bits per heavy atom. The molecule has 1 unspecified atom stereocenters. The lowest BCUT2D eigenvalue weighted by atomic mass is 10.2. The Morgan fingerprint density at radius 1 is 1.24 bits per heavy atom. The monoisotopic (exact) mass is 374 g/mol. The number of amides is 3. The van der Waals surface area contributed by atoms with E-state index in [0.717, 1.165) is 21.2 Å². The average Bonchev–Trinajstić information content (AvgIpc) is 2.66. The SMILES string of the molecule is CS(=O)(=O)CCC1NC(=O)N(Cc2ccc(Br)cc2)C1=O. The maximum Gasteiger partial charge on any atom is 0.325 e. The second-order valence-corrected chi connectivity index (χ2v) is 8.15. The summed E-state index contributed by atoms with van der Waals surface area (Å²) >= 11 is 3.31. The van der Waals surface area contributed by atoms with Crippen LogP contribution in [0, 0.1) is 0 Å². The van der Waals surface area contributed by atoms with Gasteiger partial charge in [0, 0.05) is 10.7 Å². The van der Waals surface area contributed by atoms with Crippen molar-refractivity contribution in [2.75, 3.05) is 12.0 Å². The van der Waals surface area contributed by atoms with Gasteiger partial charge in [0.15, 0.2) is 0 Å². The number of benzene rings is 1. The number of nitrogens with zero attached hydrogens (tertiary/aromatic N) is 1. The minimum Gasteiger partial charge on any atom is -0.326 e. The molecule has 3 amide bonds. The van der Waals surface area contributed by atoms with Gasteiger partial charge in [-0.1, -0.05) is 28.1 Å². The van der Waals surface area contributed by atoms with Gasteiger partial charge < -0.3 is 5.32 Å². The van der Waals surface area contributed by atoms with E-state index in [2.05, 4.69) is 21.2 Å². The van der Waals surface area contributed by atoms with E-state index in [1.54, 1.807) is 0 Å². The van der Waals surface area contributed by atoms with Crippen molar-refractivity contribution in [1.82, 2.24) is 10.2 Å². The maximum absolute atomic E-state index is 12.1. The van der Waals surface area contributed by atoms with E-state index in [0.29, 0.717) is 0 Å². The number of hydrogen-bond donors (Lipinski definition) is 1. The third kappa shape index (κ3) is 4.28. The molecule has 1 aliphatic heterocycles. The Labute approximate surface area is 131 Å². The number of rotatable bonds is 5. The van der Waals surface area contributed by atoms with Crippen molar-refractivity contribution < 1.29 is 18.0 Å². The van der Waals surface area contributed by atoms with Crippen LogP contribution in [0.4, 0.5) is 4.79 Å². The topological polar surface area (TPSA) is 83.6 Å². The molecule has 0 aliphatic carbocycles. The molecule has 1 heterocycles. The summed E-state index contributed by atoms with van der Waals surface area (Å²) in [6.07, 6.45) is 1.20. The Kier molecular flexibility index (Phi) is 4.67. The van der Waals surface area contributed by atoms with E-state index >= 15 is 0 Å². The molecule has 2 rings (SSSR count). The molecule has 21 heavy (non-hydrogen) atoms. The van der Waals surface area contributed by atoms with E-state index in [4.69, 9.17) is 0 Å². The molecular formula is C13H15BrN2O4S. The number of nitrogens with one attached hydrogen (secondary N) is 1. The summed E-state index contributed by atoms with van der Waals surface area (Å²) in [5.41, 5.74) is 0.825. The van der Waals surface area contributed by atoms with Crippen molar-refractivity contribution in [1.29, 1.82) is 0 Å². The van der Waals surface area contributed by atoms with Gasteiger partial charge in [-0.25, -0.2) is 13.2 Å². The lowest BCUT2D eigenvalue weighted by Crippen LogP contribution is -2.32. The first-order valence-corrected chi connectivity index (χ1v) is 9.15. The maximum atomic E-state index is 12.1. The van der Waals surface area contributed by atoms with Crippen LogP contribution in [-0.4, -0.2) is 43.3 Å². The van der Waals surface area contributed by atoms with Crippen LogP contribution in [-0.2, 0) is 21.2 Å². The number of halogens is 1. The van der Waals surface area contributed by atoms with Crippen LogP contribution < -0.4 is 5.32 Å². The Hall–Kier alpha value is -1.41. The fourth-order valence-electron chi connectivity index (χ4n) is 2.03. The van der Waals surface area contributed by atoms with Gasteiger partial charge in [0.1, 0.15) is 15.9 Å². The molecule has 1 fully saturated rings. The zero-order valence-electron chi connectivity index (χ0n) is 11.4. The van der Waals surface area contributed by atoms with E-state index < -0.39 is 21.9 Å². The predicted octanol–water partition coefficient (Wildman–Crippen LogP) is 1.30. The molecule has 1 N–H and O–H groups in total. The van der Waals surface area contributed by atoms with Crippen molar-refractivity contribution in [3.8, 4) is 0 Å². The van der Waals surface area contributed by atoms with Gasteiger partial charge >= 0.3 is 6.03 Å². The van der Waals surface area contributed by atoms with Crippen LogP contribution in [0.5, 0.6) is 0 Å². The number of hydrogen-bond acceptors (Lipinski definition) is 4. The van der Waals surface area contributed by atoms with Gasteiger partial charge in [0.25, 0.3) is 5.91 Å². The van der Waals surface area contributed by atoms with Gasteiger partial charge in [0.2, 0.25) is 0 Å². The Bertz CT molecular complexity index is 657. The fourth-order valence-corrected chi connectivity index (χ4v) is 2.95. The van der Waals surface area contributed by atoms with Crippen LogP contribution in [0.15, 0.2) is 28.7 Å². The third-order valence-corrected chi connectivity index (χ3v) is 4.64. The second-order valence-electron chi connectivity index (χ2n) is 4.97. The molecule has 1 aliphatic rings. The van der Waals surface area contributed by atoms with Crippen molar-refractivity contribution in [3.63, 3.8) is 0 Å². The molecule has 0 bridgehead atoms. The summed E-state index contributed by atoms with van der Waals surface area (Å²) in [5.74, 6) is -0.512. The number of sulfone groups is 1. The van der Waals surface area contributed by atoms with Crippen molar-refractivity contribution in [2.45, 2.75) is 19.0 Å². The van der Waals surface area contributed by atoms with Gasteiger partial charge in [-0.05, 0) is 24.1 Å². The predicted molar refractivity (Wildman–Crippen MR) is 81.3 cm³/mol. The number of imide groups is 1. The molecule has 0 saturated carbocycles. The summed E-state index contributed by atoms with van der Waals surface area (Å²) in [6.45, 7) is 0.174. The summed E-state index contributed by atoms with van der Waals surface area (Å²) in [6, 6.07) is 6.04. The molecule has 114 valence electrons. The fraction of sp³-hybridized carbons (Fsp3) is 0.385. The normalized spacial score (nSPS) is 19.0. The highest BCUT2D eigenvalue weighted by molar-refractivity contribution is 9.10. The first kappa shape index (κ1) is 16.0. The van der Waals surface area contributed by atoms with Crippen LogP contribution in [0.1, 0.15) is 12.0 Å². The minimum absolute atomic E-state index is 0.0975. The lowest BCUT2D eigenvalue weighted by Gasteiger charge is -2.13. The summed E-state index contributed by atoms with van der Waals surface area (Å²) in [4.78, 5) is 25.1. The molecule has 0 radical (unpaired) electrons. The molecule has 1 aromatic rings. The van der Waals surface area contributed by atoms with Crippen LogP contribution in [0.25, 0.3) is 0 Å². The van der Waals surface area contributed by atoms with Gasteiger partial charge in [-0.2, -0.15) is 0 Å². The van der Waals surface area contributed by atoms with Crippen molar-refractivity contribution >= 4 is 37.7 Å². The summed E-state index contributed by atoms with van der Waals surface area (Å²) in [7, 11) is -3.16. The number of urea groups is 1. The Morgan fingerprint density at radius 2 is 1.86 bits per heavy atom. The first-order valence-electron chi connectivity index (χ1n) is 6.30. The molecule has 8 heteroatoms. The largest absolute Gasteiger partial charge is 0.326 e. The molecule has 1 saturated heterocycles. The molecule has 6 nitrogen and oxygen atoms in total. The molecule has 1 atom stereocenters. The number of carbonyl (C=O) groups excluding carboxylic acids is 2. The van der Waals surface area contributed by atoms with E-state index in [1.807, 2.05) is 24.3 Å². The molecule has 0 spiro atoms. The summed E-state index contributed by atoms with van der Waals surface area (Å²) < 4.78 is 23.2. The van der Waals surface area contributed by atoms with Gasteiger partial charge in [-0.15, -0.1) is 0 Å². The quantitative estimate of drug-likeness (QED) is 0.787. The highest BCUT2D eigenvalue weighted by Crippen LogP contribution is 2.16. The third-order valence-electron chi connectivity index (χ3n) is 3.14. The zero-order chi connectivity index (χ0) is 15.6. The minimum atomic E-state index is -3.16. The first-order chi connectivity index (χ1) is 9.76. The average molecular weight is 375 g/mol. The summed E-state index contributed by atoms with van der Waals surface area (Å²) in [5, 5.41) is 2.52. The van der Waals surface area contributed by atoms with E-state index in [9.17, 15) is 18.0 Å². The smallest absolute Gasteiger partial charge is 0.325 e. The molecule has 1 aromatic carbocycles. The van der Waals surface area contributed by atoms with Crippen LogP contribution in [0.2, 0.25) is 0 Å². The Balaban J connectivity index is 2.03. The standard InChI is InChI=1S/C13H15BrN2O4S/c1-21(19,20)7-6-11-12(17)16(13(18)15-11)8-9-2-4-10(14)5-3-9/h2-5,11H,6-8H2,1H3,(H,15,18). The molecule has 0 aromatic heterocycles. The van der Waals surface area contributed by atoms with E-state index in [-0.39, 0.29) is 24.6 Å². The molecular weight excluding hydrogens is 360 g/mol. The van der Waals surface area contributed by atoms with Crippen molar-refractivity contribution in [3.05, 3.63) is 34.3 Å². The van der Waals surface area contributed by atoms with Crippen LogP contribution >= 0.6 is 15.9 Å². The van der Waals surface area contributed by atoms with Crippen LogP contribution in [0.3, 0.4) is 0 Å². The highest BCUT2D eigenvalue weighted by atomic mass is 79.9. The number of carbonyl (C=O) groups is 2. The van der Waals surface area contributed by atoms with Gasteiger partial charge in [-0.3, -0.25) is 9.69 Å². The highest BCUT2D eigenvalue weighted by Gasteiger charge is 2.37. The van der Waals surface area contributed by atoms with Crippen molar-refractivity contribution in [2.24, 2.45) is 0 Å². The van der Waals surface area contributed by atoms with Gasteiger partial charge in [0.05, 0.1) is 12.3 Å². The second kappa shape index (κ2) is 6.15. The lowest BCUT2D eigenvalue weighted by molar-refractivity contribution is -0.127.